The number of nitrogens with zero attached hydrogens (tertiary/aromatic N) is 2. The van der Waals surface area contributed by atoms with E-state index >= 15 is 0 Å². The zero-order valence-electron chi connectivity index (χ0n) is 12.3. The Hall–Kier alpha value is -0.840. The summed E-state index contributed by atoms with van der Waals surface area (Å²) in [7, 11) is 1.99. The lowest BCUT2D eigenvalue weighted by Crippen LogP contribution is -2.24. The lowest BCUT2D eigenvalue weighted by molar-refractivity contribution is 0.528. The first-order valence-corrected chi connectivity index (χ1v) is 8.33. The van der Waals surface area contributed by atoms with Crippen molar-refractivity contribution in [2.24, 2.45) is 7.05 Å². The van der Waals surface area contributed by atoms with E-state index in [1.165, 1.54) is 16.1 Å². The van der Waals surface area contributed by atoms with Crippen molar-refractivity contribution in [1.82, 2.24) is 15.1 Å². The third kappa shape index (κ3) is 3.84. The largest absolute Gasteiger partial charge is 0.310 e. The van der Waals surface area contributed by atoms with Gasteiger partial charge in [0, 0.05) is 36.1 Å². The summed E-state index contributed by atoms with van der Waals surface area (Å²) in [5.41, 5.74) is 2.50. The molecule has 1 unspecified atom stereocenters. The van der Waals surface area contributed by atoms with Gasteiger partial charge in [0.1, 0.15) is 0 Å². The van der Waals surface area contributed by atoms with Crippen LogP contribution in [0, 0.1) is 0 Å². The molecule has 2 aromatic heterocycles. The van der Waals surface area contributed by atoms with Gasteiger partial charge in [0.2, 0.25) is 0 Å². The molecule has 0 radical (unpaired) electrons. The van der Waals surface area contributed by atoms with Gasteiger partial charge >= 0.3 is 0 Å². The van der Waals surface area contributed by atoms with E-state index in [-0.39, 0.29) is 0 Å². The maximum atomic E-state index is 6.04. The molecule has 2 aromatic rings. The lowest BCUT2D eigenvalue weighted by Gasteiger charge is -2.17. The summed E-state index contributed by atoms with van der Waals surface area (Å²) in [6, 6.07) is 4.41. The van der Waals surface area contributed by atoms with Crippen LogP contribution in [0.4, 0.5) is 0 Å². The SMILES string of the molecule is CCCNC(Cc1ccc(Cl)s1)c1cn(C)nc1CC. The van der Waals surface area contributed by atoms with Crippen molar-refractivity contribution in [1.29, 1.82) is 0 Å². The third-order valence-corrected chi connectivity index (χ3v) is 4.58. The highest BCUT2D eigenvalue weighted by atomic mass is 35.5. The summed E-state index contributed by atoms with van der Waals surface area (Å²) in [5, 5.41) is 8.20. The second-order valence-electron chi connectivity index (χ2n) is 4.98. The smallest absolute Gasteiger partial charge is 0.0931 e. The van der Waals surface area contributed by atoms with E-state index in [0.29, 0.717) is 6.04 Å². The molecular weight excluding hydrogens is 290 g/mol. The zero-order valence-corrected chi connectivity index (χ0v) is 13.9. The second kappa shape index (κ2) is 7.25. The number of aromatic nitrogens is 2. The number of halogens is 1. The van der Waals surface area contributed by atoms with Crippen molar-refractivity contribution in [3.05, 3.63) is 38.8 Å². The van der Waals surface area contributed by atoms with Crippen LogP contribution < -0.4 is 5.32 Å². The Morgan fingerprint density at radius 3 is 2.80 bits per heavy atom. The molecule has 2 rings (SSSR count). The summed E-state index contributed by atoms with van der Waals surface area (Å²) < 4.78 is 2.77. The first-order chi connectivity index (χ1) is 9.63. The predicted octanol–water partition coefficient (Wildman–Crippen LogP) is 3.98. The molecule has 0 aliphatic heterocycles. The summed E-state index contributed by atoms with van der Waals surface area (Å²) in [6.45, 7) is 5.36. The average molecular weight is 312 g/mol. The first kappa shape index (κ1) is 15.5. The minimum absolute atomic E-state index is 0.313. The summed E-state index contributed by atoms with van der Waals surface area (Å²) in [6.07, 6.45) is 5.20. The Morgan fingerprint density at radius 2 is 2.20 bits per heavy atom. The molecule has 0 fully saturated rings. The van der Waals surface area contributed by atoms with Gasteiger partial charge in [-0.15, -0.1) is 11.3 Å². The van der Waals surface area contributed by atoms with Crippen molar-refractivity contribution < 1.29 is 0 Å². The van der Waals surface area contributed by atoms with Gasteiger partial charge in [-0.05, 0) is 31.5 Å². The Bertz CT molecular complexity index is 547. The first-order valence-electron chi connectivity index (χ1n) is 7.14. The van der Waals surface area contributed by atoms with Gasteiger partial charge in [0.15, 0.2) is 0 Å². The van der Waals surface area contributed by atoms with Crippen LogP contribution in [0.3, 0.4) is 0 Å². The van der Waals surface area contributed by atoms with E-state index in [1.54, 1.807) is 11.3 Å². The van der Waals surface area contributed by atoms with Crippen molar-refractivity contribution in [3.8, 4) is 0 Å². The monoisotopic (exact) mass is 311 g/mol. The molecule has 3 nitrogen and oxygen atoms in total. The molecule has 2 heterocycles. The van der Waals surface area contributed by atoms with E-state index in [0.717, 1.165) is 30.1 Å². The van der Waals surface area contributed by atoms with E-state index in [9.17, 15) is 0 Å². The van der Waals surface area contributed by atoms with Gasteiger partial charge in [0.25, 0.3) is 0 Å². The van der Waals surface area contributed by atoms with E-state index in [4.69, 9.17) is 11.6 Å². The van der Waals surface area contributed by atoms with E-state index < -0.39 is 0 Å². The van der Waals surface area contributed by atoms with Crippen molar-refractivity contribution in [2.45, 2.75) is 39.2 Å². The third-order valence-electron chi connectivity index (χ3n) is 3.32. The van der Waals surface area contributed by atoms with Crippen LogP contribution in [0.1, 0.15) is 42.4 Å². The Kier molecular flexibility index (Phi) is 5.64. The van der Waals surface area contributed by atoms with Crippen LogP contribution in [-0.2, 0) is 19.9 Å². The fourth-order valence-corrected chi connectivity index (χ4v) is 3.52. The molecule has 0 saturated carbocycles. The normalized spacial score (nSPS) is 12.8. The average Bonchev–Trinajstić information content (AvgIpc) is 3.00. The van der Waals surface area contributed by atoms with Crippen LogP contribution in [0.25, 0.3) is 0 Å². The quantitative estimate of drug-likeness (QED) is 0.838. The molecule has 0 aromatic carbocycles. The molecule has 110 valence electrons. The highest BCUT2D eigenvalue weighted by Crippen LogP contribution is 2.28. The van der Waals surface area contributed by atoms with Crippen LogP contribution in [-0.4, -0.2) is 16.3 Å². The van der Waals surface area contributed by atoms with Gasteiger partial charge in [-0.1, -0.05) is 25.4 Å². The number of thiophene rings is 1. The Balaban J connectivity index is 2.21. The number of rotatable bonds is 7. The highest BCUT2D eigenvalue weighted by Gasteiger charge is 2.18. The fraction of sp³-hybridized carbons (Fsp3) is 0.533. The highest BCUT2D eigenvalue weighted by molar-refractivity contribution is 7.16. The van der Waals surface area contributed by atoms with Crippen LogP contribution in [0.5, 0.6) is 0 Å². The lowest BCUT2D eigenvalue weighted by atomic mass is 10.0. The second-order valence-corrected chi connectivity index (χ2v) is 6.77. The minimum Gasteiger partial charge on any atom is -0.310 e. The molecule has 20 heavy (non-hydrogen) atoms. The molecule has 0 aliphatic carbocycles. The van der Waals surface area contributed by atoms with Crippen LogP contribution in [0.2, 0.25) is 4.34 Å². The summed E-state index contributed by atoms with van der Waals surface area (Å²) in [4.78, 5) is 1.31. The van der Waals surface area contributed by atoms with Crippen molar-refractivity contribution in [2.75, 3.05) is 6.54 Å². The maximum Gasteiger partial charge on any atom is 0.0931 e. The topological polar surface area (TPSA) is 29.9 Å². The number of nitrogens with one attached hydrogen (secondary N) is 1. The summed E-state index contributed by atoms with van der Waals surface area (Å²) in [5.74, 6) is 0. The molecule has 0 saturated heterocycles. The minimum atomic E-state index is 0.313. The van der Waals surface area contributed by atoms with Crippen LogP contribution >= 0.6 is 22.9 Å². The maximum absolute atomic E-state index is 6.04. The molecular formula is C15H22ClN3S. The molecule has 0 spiro atoms. The zero-order chi connectivity index (χ0) is 14.5. The fourth-order valence-electron chi connectivity index (χ4n) is 2.39. The predicted molar refractivity (Wildman–Crippen MR) is 86.7 cm³/mol. The standard InChI is InChI=1S/C15H22ClN3S/c1-4-8-17-14(9-11-6-7-15(16)20-11)12-10-19(3)18-13(12)5-2/h6-7,10,14,17H,4-5,8-9H2,1-3H3. The number of aryl methyl sites for hydroxylation is 2. The van der Waals surface area contributed by atoms with Gasteiger partial charge in [-0.2, -0.15) is 5.10 Å². The van der Waals surface area contributed by atoms with Crippen molar-refractivity contribution in [3.63, 3.8) is 0 Å². The van der Waals surface area contributed by atoms with Gasteiger partial charge < -0.3 is 5.32 Å². The summed E-state index contributed by atoms with van der Waals surface area (Å²) >= 11 is 7.70. The van der Waals surface area contributed by atoms with Gasteiger partial charge in [-0.3, -0.25) is 4.68 Å². The Morgan fingerprint density at radius 1 is 1.40 bits per heavy atom. The van der Waals surface area contributed by atoms with E-state index in [2.05, 4.69) is 36.5 Å². The van der Waals surface area contributed by atoms with E-state index in [1.807, 2.05) is 17.8 Å². The molecule has 1 N–H and O–H groups in total. The molecule has 1 atom stereocenters. The van der Waals surface area contributed by atoms with Gasteiger partial charge in [0.05, 0.1) is 10.0 Å². The van der Waals surface area contributed by atoms with Crippen LogP contribution in [0.15, 0.2) is 18.3 Å². The molecule has 0 amide bonds. The molecule has 0 bridgehead atoms. The number of hydrogen-bond acceptors (Lipinski definition) is 3. The Labute approximate surface area is 130 Å². The molecule has 0 aliphatic rings. The van der Waals surface area contributed by atoms with Crippen molar-refractivity contribution >= 4 is 22.9 Å². The number of hydrogen-bond donors (Lipinski definition) is 1. The van der Waals surface area contributed by atoms with Gasteiger partial charge in [-0.25, -0.2) is 0 Å². The molecule has 5 heteroatoms.